The maximum atomic E-state index is 13.3. The van der Waals surface area contributed by atoms with E-state index in [-0.39, 0.29) is 12.0 Å². The second-order valence-electron chi connectivity index (χ2n) is 6.63. The molecular formula is C21H20F2N4O2S. The molecule has 2 N–H and O–H groups in total. The fourth-order valence-corrected chi connectivity index (χ4v) is 3.62. The summed E-state index contributed by atoms with van der Waals surface area (Å²) in [5.74, 6) is -2.44. The summed E-state index contributed by atoms with van der Waals surface area (Å²) in [7, 11) is 0. The smallest absolute Gasteiger partial charge is 0.248 e. The molecule has 1 unspecified atom stereocenters. The lowest BCUT2D eigenvalue weighted by Gasteiger charge is -2.17. The highest BCUT2D eigenvalue weighted by atomic mass is 32.1. The van der Waals surface area contributed by atoms with Crippen LogP contribution in [0.5, 0.6) is 0 Å². The van der Waals surface area contributed by atoms with Gasteiger partial charge in [0.25, 0.3) is 0 Å². The van der Waals surface area contributed by atoms with Crippen molar-refractivity contribution in [1.29, 1.82) is 0 Å². The van der Waals surface area contributed by atoms with Crippen LogP contribution in [-0.2, 0) is 16.0 Å². The summed E-state index contributed by atoms with van der Waals surface area (Å²) < 4.78 is 26.6. The van der Waals surface area contributed by atoms with Crippen LogP contribution >= 0.6 is 11.3 Å². The Labute approximate surface area is 176 Å². The first kappa shape index (κ1) is 21.5. The van der Waals surface area contributed by atoms with Gasteiger partial charge in [-0.25, -0.2) is 8.78 Å². The van der Waals surface area contributed by atoms with Gasteiger partial charge in [-0.15, -0.1) is 10.2 Å². The summed E-state index contributed by atoms with van der Waals surface area (Å²) in [5, 5.41) is 14.3. The number of carbonyl (C=O) groups excluding carboxylic acids is 2. The van der Waals surface area contributed by atoms with Crippen molar-refractivity contribution in [3.05, 3.63) is 65.7 Å². The Hall–Kier alpha value is -3.20. The average Bonchev–Trinajstić information content (AvgIpc) is 3.16. The Morgan fingerprint density at radius 1 is 1.07 bits per heavy atom. The molecule has 30 heavy (non-hydrogen) atoms. The fourth-order valence-electron chi connectivity index (χ4n) is 2.86. The van der Waals surface area contributed by atoms with Crippen LogP contribution in [0.4, 0.5) is 13.9 Å². The van der Waals surface area contributed by atoms with E-state index in [1.807, 2.05) is 37.3 Å². The van der Waals surface area contributed by atoms with Crippen molar-refractivity contribution in [3.8, 4) is 10.6 Å². The van der Waals surface area contributed by atoms with Gasteiger partial charge in [-0.2, -0.15) is 0 Å². The monoisotopic (exact) mass is 430 g/mol. The highest BCUT2D eigenvalue weighted by Crippen LogP contribution is 2.26. The van der Waals surface area contributed by atoms with E-state index >= 15 is 0 Å². The van der Waals surface area contributed by atoms with E-state index in [4.69, 9.17) is 0 Å². The third-order valence-corrected chi connectivity index (χ3v) is 5.08. The Balaban J connectivity index is 1.63. The summed E-state index contributed by atoms with van der Waals surface area (Å²) in [4.78, 5) is 24.9. The van der Waals surface area contributed by atoms with Crippen LogP contribution in [0.3, 0.4) is 0 Å². The first-order valence-electron chi connectivity index (χ1n) is 9.38. The average molecular weight is 430 g/mol. The third kappa shape index (κ3) is 5.90. The normalized spacial score (nSPS) is 11.7. The number of nitrogens with zero attached hydrogens (tertiary/aromatic N) is 2. The minimum absolute atomic E-state index is 0.192. The molecule has 0 bridgehead atoms. The number of halogens is 2. The second kappa shape index (κ2) is 10.0. The minimum Gasteiger partial charge on any atom is -0.344 e. The molecule has 0 aliphatic carbocycles. The summed E-state index contributed by atoms with van der Waals surface area (Å²) in [6.45, 7) is 1.88. The van der Waals surface area contributed by atoms with Crippen molar-refractivity contribution in [2.75, 3.05) is 5.32 Å². The molecule has 3 aromatic rings. The van der Waals surface area contributed by atoms with Crippen molar-refractivity contribution in [1.82, 2.24) is 15.5 Å². The minimum atomic E-state index is -0.801. The fraction of sp³-hybridized carbons (Fsp3) is 0.238. The second-order valence-corrected chi connectivity index (χ2v) is 7.61. The van der Waals surface area contributed by atoms with Crippen LogP contribution in [-0.4, -0.2) is 28.1 Å². The number of carbonyl (C=O) groups is 2. The highest BCUT2D eigenvalue weighted by molar-refractivity contribution is 7.18. The predicted octanol–water partition coefficient (Wildman–Crippen LogP) is 3.95. The quantitative estimate of drug-likeness (QED) is 0.567. The van der Waals surface area contributed by atoms with Crippen molar-refractivity contribution in [3.63, 3.8) is 0 Å². The molecule has 0 spiro atoms. The van der Waals surface area contributed by atoms with Gasteiger partial charge in [-0.05, 0) is 24.1 Å². The maximum absolute atomic E-state index is 13.3. The van der Waals surface area contributed by atoms with Gasteiger partial charge in [0.05, 0.1) is 6.42 Å². The Morgan fingerprint density at radius 2 is 1.77 bits per heavy atom. The number of amides is 2. The van der Waals surface area contributed by atoms with Gasteiger partial charge in [-0.3, -0.25) is 14.9 Å². The number of hydrogen-bond acceptors (Lipinski definition) is 5. The zero-order chi connectivity index (χ0) is 21.5. The third-order valence-electron chi connectivity index (χ3n) is 4.19. The molecule has 0 saturated carbocycles. The lowest BCUT2D eigenvalue weighted by Crippen LogP contribution is -2.44. The lowest BCUT2D eigenvalue weighted by molar-refractivity contribution is -0.126. The van der Waals surface area contributed by atoms with Crippen molar-refractivity contribution < 1.29 is 18.4 Å². The number of hydrogen-bond donors (Lipinski definition) is 2. The highest BCUT2D eigenvalue weighted by Gasteiger charge is 2.22. The van der Waals surface area contributed by atoms with Crippen molar-refractivity contribution in [2.24, 2.45) is 0 Å². The van der Waals surface area contributed by atoms with Gasteiger partial charge >= 0.3 is 0 Å². The van der Waals surface area contributed by atoms with Gasteiger partial charge in [0.15, 0.2) is 0 Å². The molecule has 1 aromatic heterocycles. The van der Waals surface area contributed by atoms with Gasteiger partial charge in [0.1, 0.15) is 22.7 Å². The molecule has 3 rings (SSSR count). The van der Waals surface area contributed by atoms with E-state index in [0.29, 0.717) is 23.0 Å². The molecule has 9 heteroatoms. The Bertz CT molecular complexity index is 1010. The number of aromatic nitrogens is 2. The van der Waals surface area contributed by atoms with Gasteiger partial charge in [0, 0.05) is 11.6 Å². The summed E-state index contributed by atoms with van der Waals surface area (Å²) >= 11 is 1.22. The van der Waals surface area contributed by atoms with Gasteiger partial charge in [0.2, 0.25) is 16.9 Å². The number of rotatable bonds is 8. The standard InChI is InChI=1S/C21H20F2N4O2S/c1-2-6-17(24-18(28)11-13-9-15(22)12-16(23)10-13)19(29)25-21-27-26-20(30-21)14-7-4-3-5-8-14/h3-5,7-10,12,17H,2,6,11H2,1H3,(H,24,28)(H,25,27,29). The van der Waals surface area contributed by atoms with E-state index in [0.717, 1.165) is 23.8 Å². The Morgan fingerprint density at radius 3 is 2.43 bits per heavy atom. The molecule has 1 atom stereocenters. The molecule has 156 valence electrons. The van der Waals surface area contributed by atoms with Crippen LogP contribution in [0.2, 0.25) is 0 Å². The Kier molecular flexibility index (Phi) is 7.18. The molecule has 0 aliphatic heterocycles. The molecular weight excluding hydrogens is 410 g/mol. The van der Waals surface area contributed by atoms with E-state index in [2.05, 4.69) is 20.8 Å². The van der Waals surface area contributed by atoms with E-state index in [9.17, 15) is 18.4 Å². The maximum Gasteiger partial charge on any atom is 0.248 e. The van der Waals surface area contributed by atoms with Crippen LogP contribution in [0.1, 0.15) is 25.3 Å². The zero-order valence-electron chi connectivity index (χ0n) is 16.2. The van der Waals surface area contributed by atoms with Crippen LogP contribution in [0, 0.1) is 11.6 Å². The van der Waals surface area contributed by atoms with Crippen LogP contribution in [0.25, 0.3) is 10.6 Å². The molecule has 0 radical (unpaired) electrons. The number of nitrogens with one attached hydrogen (secondary N) is 2. The summed E-state index contributed by atoms with van der Waals surface area (Å²) in [6.07, 6.45) is 0.816. The van der Waals surface area contributed by atoms with Crippen molar-refractivity contribution in [2.45, 2.75) is 32.2 Å². The zero-order valence-corrected chi connectivity index (χ0v) is 17.0. The molecule has 6 nitrogen and oxygen atoms in total. The lowest BCUT2D eigenvalue weighted by atomic mass is 10.1. The molecule has 0 aliphatic rings. The van der Waals surface area contributed by atoms with Gasteiger partial charge in [-0.1, -0.05) is 55.0 Å². The van der Waals surface area contributed by atoms with Crippen LogP contribution < -0.4 is 10.6 Å². The molecule has 2 aromatic carbocycles. The summed E-state index contributed by atoms with van der Waals surface area (Å²) in [6, 6.07) is 11.5. The molecule has 2 amide bonds. The predicted molar refractivity (Wildman–Crippen MR) is 111 cm³/mol. The first-order chi connectivity index (χ1) is 14.4. The SMILES string of the molecule is CCCC(NC(=O)Cc1cc(F)cc(F)c1)C(=O)Nc1nnc(-c2ccccc2)s1. The van der Waals surface area contributed by atoms with E-state index in [1.165, 1.54) is 11.3 Å². The largest absolute Gasteiger partial charge is 0.344 e. The molecule has 0 saturated heterocycles. The van der Waals surface area contributed by atoms with Crippen molar-refractivity contribution >= 4 is 28.3 Å². The topological polar surface area (TPSA) is 84.0 Å². The number of benzene rings is 2. The van der Waals surface area contributed by atoms with Gasteiger partial charge < -0.3 is 5.32 Å². The number of anilines is 1. The molecule has 0 fully saturated rings. The first-order valence-corrected chi connectivity index (χ1v) is 10.2. The summed E-state index contributed by atoms with van der Waals surface area (Å²) in [5.41, 5.74) is 1.08. The van der Waals surface area contributed by atoms with Crippen LogP contribution in [0.15, 0.2) is 48.5 Å². The molecule has 1 heterocycles. The van der Waals surface area contributed by atoms with E-state index < -0.39 is 29.5 Å². The van der Waals surface area contributed by atoms with E-state index in [1.54, 1.807) is 0 Å².